The fourth-order valence-electron chi connectivity index (χ4n) is 2.72. The number of thiocarbonyl (C=S) groups is 1. The Bertz CT molecular complexity index is 732. The van der Waals surface area contributed by atoms with Crippen LogP contribution in [0.25, 0.3) is 0 Å². The van der Waals surface area contributed by atoms with Crippen molar-refractivity contribution in [2.24, 2.45) is 0 Å². The van der Waals surface area contributed by atoms with Crippen LogP contribution in [0, 0.1) is 6.92 Å². The molecule has 0 bridgehead atoms. The Kier molecular flexibility index (Phi) is 7.07. The molecule has 0 aromatic heterocycles. The van der Waals surface area contributed by atoms with Crippen LogP contribution in [-0.4, -0.2) is 25.9 Å². The first-order valence-corrected chi connectivity index (χ1v) is 8.84. The molecule has 2 N–H and O–H groups in total. The van der Waals surface area contributed by atoms with Crippen LogP contribution in [0.15, 0.2) is 36.4 Å². The molecular weight excluding hydrogens is 332 g/mol. The normalized spacial score (nSPS) is 10.2. The van der Waals surface area contributed by atoms with Gasteiger partial charge in [0.2, 0.25) is 0 Å². The van der Waals surface area contributed by atoms with Crippen molar-refractivity contribution in [2.75, 3.05) is 26.1 Å². The molecule has 0 unspecified atom stereocenters. The van der Waals surface area contributed by atoms with Gasteiger partial charge in [-0.25, -0.2) is 0 Å². The highest BCUT2D eigenvalue weighted by Crippen LogP contribution is 2.27. The summed E-state index contributed by atoms with van der Waals surface area (Å²) in [6, 6.07) is 12.2. The molecule has 25 heavy (non-hydrogen) atoms. The Balaban J connectivity index is 1.91. The lowest BCUT2D eigenvalue weighted by molar-refractivity contribution is 0.354. The summed E-state index contributed by atoms with van der Waals surface area (Å²) in [6.07, 6.45) is 1.81. The molecule has 4 nitrogen and oxygen atoms in total. The number of methoxy groups -OCH3 is 2. The fraction of sp³-hybridized carbons (Fsp3) is 0.350. The molecule has 0 fully saturated rings. The van der Waals surface area contributed by atoms with Gasteiger partial charge in [0.15, 0.2) is 16.6 Å². The number of aryl methyl sites for hydroxylation is 2. The first kappa shape index (κ1) is 19.1. The summed E-state index contributed by atoms with van der Waals surface area (Å²) in [5, 5.41) is 7.25. The third-order valence-corrected chi connectivity index (χ3v) is 4.37. The second-order valence-electron chi connectivity index (χ2n) is 5.78. The van der Waals surface area contributed by atoms with Crippen molar-refractivity contribution in [3.8, 4) is 11.5 Å². The third kappa shape index (κ3) is 5.10. The topological polar surface area (TPSA) is 42.5 Å². The maximum atomic E-state index is 5.44. The van der Waals surface area contributed by atoms with Gasteiger partial charge in [0.05, 0.1) is 14.2 Å². The summed E-state index contributed by atoms with van der Waals surface area (Å²) < 4.78 is 10.6. The molecule has 134 valence electrons. The van der Waals surface area contributed by atoms with E-state index >= 15 is 0 Å². The monoisotopic (exact) mass is 358 g/mol. The van der Waals surface area contributed by atoms with Crippen LogP contribution in [0.4, 0.5) is 5.69 Å². The van der Waals surface area contributed by atoms with Crippen molar-refractivity contribution in [1.82, 2.24) is 5.32 Å². The summed E-state index contributed by atoms with van der Waals surface area (Å²) in [4.78, 5) is 0. The van der Waals surface area contributed by atoms with Gasteiger partial charge in [-0.2, -0.15) is 0 Å². The zero-order valence-corrected chi connectivity index (χ0v) is 16.1. The van der Waals surface area contributed by atoms with E-state index in [0.29, 0.717) is 5.11 Å². The summed E-state index contributed by atoms with van der Waals surface area (Å²) in [5.41, 5.74) is 4.74. The highest BCUT2D eigenvalue weighted by atomic mass is 32.1. The molecule has 0 heterocycles. The first-order valence-electron chi connectivity index (χ1n) is 8.43. The summed E-state index contributed by atoms with van der Waals surface area (Å²) in [5.74, 6) is 1.48. The minimum atomic E-state index is 0.643. The number of hydrogen-bond acceptors (Lipinski definition) is 3. The Hall–Kier alpha value is -2.27. The van der Waals surface area contributed by atoms with Crippen LogP contribution in [0.5, 0.6) is 11.5 Å². The molecule has 2 aromatic carbocycles. The summed E-state index contributed by atoms with van der Waals surface area (Å²) >= 11 is 5.44. The molecule has 0 aliphatic rings. The zero-order valence-electron chi connectivity index (χ0n) is 15.3. The predicted molar refractivity (Wildman–Crippen MR) is 108 cm³/mol. The molecule has 2 aromatic rings. The van der Waals surface area contributed by atoms with Gasteiger partial charge in [-0.15, -0.1) is 0 Å². The average Bonchev–Trinajstić information content (AvgIpc) is 2.63. The van der Waals surface area contributed by atoms with Crippen LogP contribution >= 0.6 is 12.2 Å². The SMILES string of the molecule is CCc1cccc(C)c1NC(=S)NCCc1ccc(OC)c(OC)c1. The lowest BCUT2D eigenvalue weighted by Crippen LogP contribution is -2.30. The van der Waals surface area contributed by atoms with Gasteiger partial charge >= 0.3 is 0 Å². The predicted octanol–water partition coefficient (Wildman–Crippen LogP) is 4.10. The number of rotatable bonds is 7. The van der Waals surface area contributed by atoms with E-state index < -0.39 is 0 Å². The van der Waals surface area contributed by atoms with E-state index in [1.54, 1.807) is 14.2 Å². The molecule has 2 rings (SSSR count). The van der Waals surface area contributed by atoms with Crippen LogP contribution in [0.3, 0.4) is 0 Å². The van der Waals surface area contributed by atoms with Gasteiger partial charge in [0, 0.05) is 12.2 Å². The van der Waals surface area contributed by atoms with Gasteiger partial charge in [0.25, 0.3) is 0 Å². The van der Waals surface area contributed by atoms with Crippen molar-refractivity contribution in [1.29, 1.82) is 0 Å². The minimum absolute atomic E-state index is 0.643. The highest BCUT2D eigenvalue weighted by molar-refractivity contribution is 7.80. The Labute approximate surface area is 155 Å². The Morgan fingerprint density at radius 1 is 1.08 bits per heavy atom. The third-order valence-electron chi connectivity index (χ3n) is 4.13. The smallest absolute Gasteiger partial charge is 0.170 e. The number of ether oxygens (including phenoxy) is 2. The van der Waals surface area contributed by atoms with Crippen molar-refractivity contribution < 1.29 is 9.47 Å². The molecular formula is C20H26N2O2S. The molecule has 0 atom stereocenters. The number of benzene rings is 2. The number of hydrogen-bond donors (Lipinski definition) is 2. The molecule has 0 aliphatic carbocycles. The largest absolute Gasteiger partial charge is 0.493 e. The second-order valence-corrected chi connectivity index (χ2v) is 6.19. The van der Waals surface area contributed by atoms with Crippen LogP contribution < -0.4 is 20.1 Å². The van der Waals surface area contributed by atoms with E-state index in [2.05, 4.69) is 42.7 Å². The molecule has 0 aliphatic heterocycles. The highest BCUT2D eigenvalue weighted by Gasteiger charge is 2.07. The molecule has 0 saturated carbocycles. The quantitative estimate of drug-likeness (QED) is 0.729. The van der Waals surface area contributed by atoms with Crippen LogP contribution in [0.2, 0.25) is 0 Å². The fourth-order valence-corrected chi connectivity index (χ4v) is 2.92. The zero-order chi connectivity index (χ0) is 18.2. The van der Waals surface area contributed by atoms with Gasteiger partial charge in [-0.05, 0) is 60.8 Å². The molecule has 5 heteroatoms. The van der Waals surface area contributed by atoms with E-state index in [0.717, 1.165) is 42.1 Å². The average molecular weight is 359 g/mol. The summed E-state index contributed by atoms with van der Waals surface area (Å²) in [7, 11) is 3.28. The Morgan fingerprint density at radius 2 is 1.84 bits per heavy atom. The first-order chi connectivity index (χ1) is 12.1. The number of para-hydroxylation sites is 1. The van der Waals surface area contributed by atoms with Gasteiger partial charge < -0.3 is 20.1 Å². The van der Waals surface area contributed by atoms with E-state index in [9.17, 15) is 0 Å². The number of anilines is 1. The molecule has 0 amide bonds. The second kappa shape index (κ2) is 9.28. The van der Waals surface area contributed by atoms with E-state index in [1.165, 1.54) is 11.1 Å². The van der Waals surface area contributed by atoms with E-state index in [1.807, 2.05) is 18.2 Å². The lowest BCUT2D eigenvalue weighted by Gasteiger charge is -2.16. The van der Waals surface area contributed by atoms with Crippen molar-refractivity contribution >= 4 is 23.0 Å². The van der Waals surface area contributed by atoms with Crippen molar-refractivity contribution in [2.45, 2.75) is 26.7 Å². The lowest BCUT2D eigenvalue weighted by atomic mass is 10.1. The van der Waals surface area contributed by atoms with Crippen molar-refractivity contribution in [3.05, 3.63) is 53.1 Å². The minimum Gasteiger partial charge on any atom is -0.493 e. The Morgan fingerprint density at radius 3 is 2.52 bits per heavy atom. The van der Waals surface area contributed by atoms with Crippen LogP contribution in [-0.2, 0) is 12.8 Å². The van der Waals surface area contributed by atoms with Crippen LogP contribution in [0.1, 0.15) is 23.6 Å². The van der Waals surface area contributed by atoms with Gasteiger partial charge in [0.1, 0.15) is 0 Å². The van der Waals surface area contributed by atoms with Gasteiger partial charge in [-0.3, -0.25) is 0 Å². The van der Waals surface area contributed by atoms with E-state index in [4.69, 9.17) is 21.7 Å². The summed E-state index contributed by atoms with van der Waals surface area (Å²) in [6.45, 7) is 4.98. The molecule has 0 saturated heterocycles. The van der Waals surface area contributed by atoms with E-state index in [-0.39, 0.29) is 0 Å². The van der Waals surface area contributed by atoms with Crippen molar-refractivity contribution in [3.63, 3.8) is 0 Å². The standard InChI is InChI=1S/C20H26N2O2S/c1-5-16-8-6-7-14(2)19(16)22-20(25)21-12-11-15-9-10-17(23-3)18(13-15)24-4/h6-10,13H,5,11-12H2,1-4H3,(H2,21,22,25). The molecule has 0 spiro atoms. The maximum absolute atomic E-state index is 5.44. The number of nitrogens with one attached hydrogen (secondary N) is 2. The maximum Gasteiger partial charge on any atom is 0.170 e. The van der Waals surface area contributed by atoms with Gasteiger partial charge in [-0.1, -0.05) is 31.2 Å². The molecule has 0 radical (unpaired) electrons.